The Morgan fingerprint density at radius 1 is 1.38 bits per heavy atom. The van der Waals surface area contributed by atoms with Crippen LogP contribution in [0.25, 0.3) is 6.08 Å². The van der Waals surface area contributed by atoms with Gasteiger partial charge < -0.3 is 9.64 Å². The molecule has 0 amide bonds. The lowest BCUT2D eigenvalue weighted by atomic mass is 9.59. The summed E-state index contributed by atoms with van der Waals surface area (Å²) in [7, 11) is 2.19. The number of hydrogen-bond donors (Lipinski definition) is 0. The average molecular weight is 326 g/mol. The van der Waals surface area contributed by atoms with Crippen molar-refractivity contribution in [2.24, 2.45) is 29.6 Å². The number of nitrogens with zero attached hydrogens (tertiary/aromatic N) is 2. The van der Waals surface area contributed by atoms with Crippen LogP contribution < -0.4 is 0 Å². The summed E-state index contributed by atoms with van der Waals surface area (Å²) >= 11 is 0. The molecule has 0 aromatic carbocycles. The minimum Gasteiger partial charge on any atom is -0.462 e. The van der Waals surface area contributed by atoms with E-state index in [1.54, 1.807) is 0 Å². The number of piperidine rings is 1. The van der Waals surface area contributed by atoms with E-state index in [-0.39, 0.29) is 18.0 Å². The largest absolute Gasteiger partial charge is 0.462 e. The van der Waals surface area contributed by atoms with Crippen molar-refractivity contribution in [1.82, 2.24) is 9.88 Å². The van der Waals surface area contributed by atoms with Crippen molar-refractivity contribution >= 4 is 12.0 Å². The Morgan fingerprint density at radius 2 is 2.25 bits per heavy atom. The number of rotatable bonds is 2. The highest BCUT2D eigenvalue weighted by atomic mass is 16.6. The monoisotopic (exact) mass is 326 g/mol. The molecule has 0 N–H and O–H groups in total. The van der Waals surface area contributed by atoms with Crippen LogP contribution in [0.1, 0.15) is 25.5 Å². The van der Waals surface area contributed by atoms with Gasteiger partial charge in [0.1, 0.15) is 6.10 Å². The minimum atomic E-state index is 0.0235. The molecule has 3 aliphatic rings. The molecule has 3 heterocycles. The summed E-state index contributed by atoms with van der Waals surface area (Å²) in [5.74, 6) is 2.08. The van der Waals surface area contributed by atoms with E-state index >= 15 is 0 Å². The fourth-order valence-electron chi connectivity index (χ4n) is 5.22. The molecule has 1 aliphatic carbocycles. The molecule has 4 rings (SSSR count). The highest BCUT2D eigenvalue weighted by molar-refractivity contribution is 5.75. The summed E-state index contributed by atoms with van der Waals surface area (Å²) in [6.07, 6.45) is 8.52. The van der Waals surface area contributed by atoms with Gasteiger partial charge in [0.2, 0.25) is 0 Å². The van der Waals surface area contributed by atoms with E-state index in [1.807, 2.05) is 24.4 Å². The Kier molecular flexibility index (Phi) is 4.17. The Morgan fingerprint density at radius 3 is 3.04 bits per heavy atom. The number of carbonyl (C=O) groups is 1. The molecule has 2 saturated heterocycles. The van der Waals surface area contributed by atoms with Crippen LogP contribution in [-0.4, -0.2) is 42.1 Å². The number of pyridine rings is 1. The molecule has 0 unspecified atom stereocenters. The number of ether oxygens (including phenoxy) is 1. The van der Waals surface area contributed by atoms with Gasteiger partial charge in [-0.15, -0.1) is 0 Å². The number of fused-ring (bicyclic) bond motifs is 2. The maximum absolute atomic E-state index is 12.3. The normalized spacial score (nSPS) is 39.5. The first kappa shape index (κ1) is 15.8. The van der Waals surface area contributed by atoms with E-state index < -0.39 is 0 Å². The molecule has 0 radical (unpaired) electrons. The Hall–Kier alpha value is -1.68. The molecule has 4 nitrogen and oxygen atoms in total. The van der Waals surface area contributed by atoms with Crippen molar-refractivity contribution in [2.75, 3.05) is 20.1 Å². The molecule has 4 heteroatoms. The van der Waals surface area contributed by atoms with Crippen LogP contribution in [0.4, 0.5) is 0 Å². The van der Waals surface area contributed by atoms with Gasteiger partial charge in [-0.3, -0.25) is 9.78 Å². The maximum atomic E-state index is 12.3. The van der Waals surface area contributed by atoms with E-state index in [0.29, 0.717) is 23.7 Å². The van der Waals surface area contributed by atoms with Crippen LogP contribution in [0.2, 0.25) is 0 Å². The fourth-order valence-corrected chi connectivity index (χ4v) is 5.22. The molecule has 2 aliphatic heterocycles. The van der Waals surface area contributed by atoms with Gasteiger partial charge in [0.05, 0.1) is 11.6 Å². The molecule has 3 fully saturated rings. The van der Waals surface area contributed by atoms with Gasteiger partial charge in [0.25, 0.3) is 0 Å². The predicted octanol–water partition coefficient (Wildman–Crippen LogP) is 2.86. The zero-order valence-corrected chi connectivity index (χ0v) is 14.5. The van der Waals surface area contributed by atoms with Gasteiger partial charge in [-0.1, -0.05) is 12.1 Å². The first-order valence-corrected chi connectivity index (χ1v) is 9.12. The molecule has 0 bridgehead atoms. The van der Waals surface area contributed by atoms with Crippen molar-refractivity contribution in [3.63, 3.8) is 0 Å². The molecule has 1 saturated carbocycles. The molecule has 0 spiro atoms. The smallest absolute Gasteiger partial charge is 0.309 e. The number of allylic oxidation sites excluding steroid dienone is 1. The summed E-state index contributed by atoms with van der Waals surface area (Å²) < 4.78 is 5.62. The quantitative estimate of drug-likeness (QED) is 0.784. The Labute approximate surface area is 143 Å². The summed E-state index contributed by atoms with van der Waals surface area (Å²) in [4.78, 5) is 19.1. The third-order valence-electron chi connectivity index (χ3n) is 6.28. The number of esters is 1. The summed E-state index contributed by atoms with van der Waals surface area (Å²) in [5.41, 5.74) is 0.988. The molecule has 1 aromatic heterocycles. The average Bonchev–Trinajstić information content (AvgIpc) is 2.86. The Balaban J connectivity index is 1.64. The second kappa shape index (κ2) is 6.32. The molecular weight excluding hydrogens is 300 g/mol. The first-order chi connectivity index (χ1) is 11.6. The predicted molar refractivity (Wildman–Crippen MR) is 93.0 cm³/mol. The molecule has 1 aromatic rings. The number of carbonyl (C=O) groups excluding carboxylic acids is 1. The van der Waals surface area contributed by atoms with Crippen LogP contribution >= 0.6 is 0 Å². The van der Waals surface area contributed by atoms with Crippen molar-refractivity contribution in [1.29, 1.82) is 0 Å². The van der Waals surface area contributed by atoms with Crippen LogP contribution in [0.3, 0.4) is 0 Å². The van der Waals surface area contributed by atoms with Gasteiger partial charge >= 0.3 is 5.97 Å². The van der Waals surface area contributed by atoms with Gasteiger partial charge in [0, 0.05) is 18.7 Å². The second-order valence-electron chi connectivity index (χ2n) is 7.73. The third kappa shape index (κ3) is 2.77. The summed E-state index contributed by atoms with van der Waals surface area (Å²) in [5, 5.41) is 0. The molecular formula is C20H26N2O2. The fraction of sp³-hybridized carbons (Fsp3) is 0.600. The van der Waals surface area contributed by atoms with Gasteiger partial charge in [-0.05, 0) is 69.3 Å². The van der Waals surface area contributed by atoms with Crippen molar-refractivity contribution < 1.29 is 9.53 Å². The third-order valence-corrected chi connectivity index (χ3v) is 6.28. The Bertz CT molecular complexity index is 630. The standard InChI is InChI=1S/C20H26N2O2/c1-13-19-17(7-6-15-5-3-4-9-21-15)16-8-10-22(2)12-14(16)11-18(19)20(23)24-13/h3-7,9,13-14,16-19H,8,10-12H2,1-2H3/b7-6+/t13-,14-,16-,17+,18-,19+/m1/s1. The lowest BCUT2D eigenvalue weighted by Crippen LogP contribution is -2.49. The van der Waals surface area contributed by atoms with Crippen molar-refractivity contribution in [3.05, 3.63) is 36.2 Å². The van der Waals surface area contributed by atoms with Crippen LogP contribution in [0.5, 0.6) is 0 Å². The second-order valence-corrected chi connectivity index (χ2v) is 7.73. The van der Waals surface area contributed by atoms with E-state index in [2.05, 4.69) is 36.0 Å². The molecule has 24 heavy (non-hydrogen) atoms. The van der Waals surface area contributed by atoms with Crippen molar-refractivity contribution in [3.8, 4) is 0 Å². The van der Waals surface area contributed by atoms with E-state index in [1.165, 1.54) is 6.42 Å². The molecule has 6 atom stereocenters. The molecule has 128 valence electrons. The maximum Gasteiger partial charge on any atom is 0.309 e. The van der Waals surface area contributed by atoms with Crippen LogP contribution in [0.15, 0.2) is 30.5 Å². The number of likely N-dealkylation sites (tertiary alicyclic amines) is 1. The topological polar surface area (TPSA) is 42.4 Å². The summed E-state index contributed by atoms with van der Waals surface area (Å²) in [6, 6.07) is 5.98. The lowest BCUT2D eigenvalue weighted by Gasteiger charge is -2.47. The SMILES string of the molecule is C[C@H]1OC(=O)[C@@H]2C[C@@H]3CN(C)CC[C@H]3[C@H](/C=C/c3ccccn3)[C@H]12. The number of hydrogen-bond acceptors (Lipinski definition) is 4. The van der Waals surface area contributed by atoms with Gasteiger partial charge in [-0.2, -0.15) is 0 Å². The van der Waals surface area contributed by atoms with E-state index in [0.717, 1.165) is 25.2 Å². The zero-order chi connectivity index (χ0) is 16.7. The van der Waals surface area contributed by atoms with Crippen LogP contribution in [0, 0.1) is 29.6 Å². The first-order valence-electron chi connectivity index (χ1n) is 9.12. The number of cyclic esters (lactones) is 1. The van der Waals surface area contributed by atoms with E-state index in [9.17, 15) is 4.79 Å². The van der Waals surface area contributed by atoms with Crippen LogP contribution in [-0.2, 0) is 9.53 Å². The lowest BCUT2D eigenvalue weighted by molar-refractivity contribution is -0.144. The van der Waals surface area contributed by atoms with Gasteiger partial charge in [0.15, 0.2) is 0 Å². The van der Waals surface area contributed by atoms with Crippen molar-refractivity contribution in [2.45, 2.75) is 25.9 Å². The zero-order valence-electron chi connectivity index (χ0n) is 14.5. The number of aromatic nitrogens is 1. The summed E-state index contributed by atoms with van der Waals surface area (Å²) in [6.45, 7) is 4.32. The van der Waals surface area contributed by atoms with E-state index in [4.69, 9.17) is 4.74 Å². The van der Waals surface area contributed by atoms with Gasteiger partial charge in [-0.25, -0.2) is 0 Å². The minimum absolute atomic E-state index is 0.0235. The highest BCUT2D eigenvalue weighted by Crippen LogP contribution is 2.51. The highest BCUT2D eigenvalue weighted by Gasteiger charge is 2.54.